The first-order valence-corrected chi connectivity index (χ1v) is 24.4. The summed E-state index contributed by atoms with van der Waals surface area (Å²) in [6.07, 6.45) is 12.8. The first kappa shape index (κ1) is 44.8. The van der Waals surface area contributed by atoms with Gasteiger partial charge in [0.15, 0.2) is 0 Å². The summed E-state index contributed by atoms with van der Waals surface area (Å²) < 4.78 is 0. The average Bonchev–Trinajstić information content (AvgIpc) is 4.08. The van der Waals surface area contributed by atoms with Gasteiger partial charge >= 0.3 is 0 Å². The first-order chi connectivity index (χ1) is 30.3. The highest BCUT2D eigenvalue weighted by Crippen LogP contribution is 2.51. The Morgan fingerprint density at radius 1 is 0.516 bits per heavy atom. The fourth-order valence-electron chi connectivity index (χ4n) is 11.3. The standard InChI is InChI=1S/C57H71N5/c1-11-21-33-46-49-38(13-3)40(15-5)51(59-49)47(36-29-25-23-26-30-36)53-42(17-7)44(19-9)55(61-53)57(35-58,34-22-12-2)56-45(20-10)43(18-8)54(62-56)48(37-31-27-24-28-32-37)52-41(16-6)39(14-4)50(46)60-52/h23-32,46,59-60H,11-22,33-34H2,1-10H3/b53-47-,54-48-. The Kier molecular flexibility index (Phi) is 14.1. The zero-order chi connectivity index (χ0) is 44.1. The van der Waals surface area contributed by atoms with Crippen LogP contribution in [-0.2, 0) is 25.7 Å². The lowest BCUT2D eigenvalue weighted by atomic mass is 9.69. The molecule has 2 aromatic carbocycles. The van der Waals surface area contributed by atoms with Crippen molar-refractivity contribution >= 4 is 22.6 Å². The molecule has 0 radical (unpaired) electrons. The van der Waals surface area contributed by atoms with Gasteiger partial charge in [-0.2, -0.15) is 5.26 Å². The summed E-state index contributed by atoms with van der Waals surface area (Å²) in [5, 5.41) is 12.1. The number of H-pyrrole nitrogens is 2. The van der Waals surface area contributed by atoms with Crippen molar-refractivity contribution in [2.45, 2.75) is 165 Å². The van der Waals surface area contributed by atoms with Gasteiger partial charge in [-0.3, -0.25) is 0 Å². The van der Waals surface area contributed by atoms with Gasteiger partial charge in [0.05, 0.1) is 40.3 Å². The van der Waals surface area contributed by atoms with Crippen LogP contribution in [0.2, 0.25) is 0 Å². The smallest absolute Gasteiger partial charge is 0.142 e. The molecule has 0 atom stereocenters. The van der Waals surface area contributed by atoms with Crippen LogP contribution in [0.1, 0.15) is 196 Å². The minimum absolute atomic E-state index is 0.153. The predicted octanol–water partition coefficient (Wildman–Crippen LogP) is 15.3. The lowest BCUT2D eigenvalue weighted by molar-refractivity contribution is 0.599. The van der Waals surface area contributed by atoms with Gasteiger partial charge in [0.25, 0.3) is 0 Å². The summed E-state index contributed by atoms with van der Waals surface area (Å²) in [5.74, 6) is 0.153. The highest BCUT2D eigenvalue weighted by Gasteiger charge is 2.49. The van der Waals surface area contributed by atoms with E-state index in [1.807, 2.05) is 0 Å². The number of rotatable bonds is 16. The molecule has 2 N–H and O–H groups in total. The van der Waals surface area contributed by atoms with Gasteiger partial charge in [-0.1, -0.05) is 156 Å². The molecule has 0 unspecified atom stereocenters. The summed E-state index contributed by atoms with van der Waals surface area (Å²) in [6, 6.07) is 25.0. The number of nitriles is 1. The Morgan fingerprint density at radius 3 is 1.26 bits per heavy atom. The van der Waals surface area contributed by atoms with Crippen molar-refractivity contribution in [3.8, 4) is 6.07 Å². The van der Waals surface area contributed by atoms with E-state index in [9.17, 15) is 5.26 Å². The monoisotopic (exact) mass is 826 g/mol. The Labute approximate surface area is 373 Å². The number of hydrogen-bond acceptors (Lipinski definition) is 3. The molecule has 0 fully saturated rings. The molecule has 8 bridgehead atoms. The van der Waals surface area contributed by atoms with Crippen molar-refractivity contribution < 1.29 is 0 Å². The summed E-state index contributed by atoms with van der Waals surface area (Å²) in [4.78, 5) is 20.4. The fourth-order valence-corrected chi connectivity index (χ4v) is 11.3. The lowest BCUT2D eigenvalue weighted by Crippen LogP contribution is -2.39. The third-order valence-corrected chi connectivity index (χ3v) is 14.2. The zero-order valence-electron chi connectivity index (χ0n) is 39.6. The Hall–Kier alpha value is -5.21. The van der Waals surface area contributed by atoms with Crippen molar-refractivity contribution in [3.63, 3.8) is 0 Å². The molecule has 5 heteroatoms. The maximum absolute atomic E-state index is 12.1. The molecule has 0 saturated heterocycles. The molecule has 5 heterocycles. The normalized spacial score (nSPS) is 21.2. The van der Waals surface area contributed by atoms with Crippen LogP contribution in [0.5, 0.6) is 0 Å². The second kappa shape index (κ2) is 19.5. The number of fused-ring (bicyclic) bond motifs is 6. The van der Waals surface area contributed by atoms with Crippen molar-refractivity contribution in [3.05, 3.63) is 151 Å². The lowest BCUT2D eigenvalue weighted by Gasteiger charge is -2.30. The molecular weight excluding hydrogens is 755 g/mol. The molecule has 0 saturated carbocycles. The molecular formula is C57H71N5. The number of allylic oxidation sites excluding steroid dienone is 4. The number of aromatic amines is 2. The first-order valence-electron chi connectivity index (χ1n) is 24.4. The number of unbranched alkanes of at least 4 members (excludes halogenated alkanes) is 2. The van der Waals surface area contributed by atoms with Crippen LogP contribution >= 0.6 is 0 Å². The van der Waals surface area contributed by atoms with Gasteiger partial charge in [0.1, 0.15) is 5.41 Å². The predicted molar refractivity (Wildman–Crippen MR) is 263 cm³/mol. The zero-order valence-corrected chi connectivity index (χ0v) is 39.6. The van der Waals surface area contributed by atoms with E-state index in [0.717, 1.165) is 129 Å². The van der Waals surface area contributed by atoms with E-state index in [1.165, 1.54) is 67.3 Å². The average molecular weight is 826 g/mol. The van der Waals surface area contributed by atoms with Gasteiger partial charge in [-0.25, -0.2) is 9.98 Å². The Morgan fingerprint density at radius 2 is 0.919 bits per heavy atom. The van der Waals surface area contributed by atoms with Gasteiger partial charge in [-0.15, -0.1) is 0 Å². The summed E-state index contributed by atoms with van der Waals surface area (Å²) in [7, 11) is 0. The summed E-state index contributed by atoms with van der Waals surface area (Å²) in [6.45, 7) is 23.0. The number of benzene rings is 2. The van der Waals surface area contributed by atoms with Crippen LogP contribution in [0.4, 0.5) is 0 Å². The fraction of sp³-hybridized carbons (Fsp3) is 0.456. The number of hydrogen-bond donors (Lipinski definition) is 2. The molecule has 5 nitrogen and oxygen atoms in total. The third-order valence-electron chi connectivity index (χ3n) is 14.2. The van der Waals surface area contributed by atoms with Gasteiger partial charge < -0.3 is 9.97 Å². The Bertz CT molecular complexity index is 2360. The molecule has 62 heavy (non-hydrogen) atoms. The molecule has 2 aromatic heterocycles. The van der Waals surface area contributed by atoms with E-state index in [4.69, 9.17) is 9.98 Å². The minimum atomic E-state index is -1.03. The second-order valence-electron chi connectivity index (χ2n) is 17.4. The van der Waals surface area contributed by atoms with E-state index < -0.39 is 5.41 Å². The van der Waals surface area contributed by atoms with Crippen molar-refractivity contribution in [2.75, 3.05) is 0 Å². The van der Waals surface area contributed by atoms with Gasteiger partial charge in [0, 0.05) is 28.5 Å². The largest absolute Gasteiger partial charge is 0.357 e. The van der Waals surface area contributed by atoms with Crippen LogP contribution in [0.25, 0.3) is 11.1 Å². The van der Waals surface area contributed by atoms with Crippen molar-refractivity contribution in [1.29, 1.82) is 5.26 Å². The van der Waals surface area contributed by atoms with Crippen LogP contribution in [0, 0.1) is 16.7 Å². The maximum Gasteiger partial charge on any atom is 0.142 e. The summed E-state index contributed by atoms with van der Waals surface area (Å²) in [5.41, 5.74) is 23.1. The van der Waals surface area contributed by atoms with E-state index in [0.29, 0.717) is 6.42 Å². The second-order valence-corrected chi connectivity index (χ2v) is 17.4. The van der Waals surface area contributed by atoms with Crippen LogP contribution in [0.15, 0.2) is 104 Å². The van der Waals surface area contributed by atoms with E-state index >= 15 is 0 Å². The van der Waals surface area contributed by atoms with Gasteiger partial charge in [-0.05, 0) is 120 Å². The van der Waals surface area contributed by atoms with Gasteiger partial charge in [0.2, 0.25) is 0 Å². The van der Waals surface area contributed by atoms with Crippen molar-refractivity contribution in [2.24, 2.45) is 15.4 Å². The number of nitrogens with zero attached hydrogens (tertiary/aromatic N) is 3. The molecule has 3 aliphatic heterocycles. The summed E-state index contributed by atoms with van der Waals surface area (Å²) >= 11 is 0. The van der Waals surface area contributed by atoms with E-state index in [2.05, 4.69) is 146 Å². The third kappa shape index (κ3) is 7.36. The highest BCUT2D eigenvalue weighted by molar-refractivity contribution is 6.29. The molecule has 0 amide bonds. The van der Waals surface area contributed by atoms with Crippen LogP contribution in [0.3, 0.4) is 0 Å². The number of aromatic nitrogens is 2. The molecule has 0 aliphatic carbocycles. The maximum atomic E-state index is 12.1. The number of nitrogens with one attached hydrogen (secondary N) is 2. The molecule has 4 aromatic rings. The van der Waals surface area contributed by atoms with Crippen LogP contribution in [-0.4, -0.2) is 21.4 Å². The Balaban J connectivity index is 1.79. The SMILES string of the molecule is CCCCC1c2[nH]c(c(CC)c2CC)/C(c2ccccc2)=C2\N=C(C(CC)=C2CC)C(C#N)(CCCC)C2=N/C(=C(/c3ccccc3)c3[nH]c1c(CC)c3CC)C(CC)=C2CC. The van der Waals surface area contributed by atoms with E-state index in [-0.39, 0.29) is 5.92 Å². The molecule has 3 aliphatic rings. The molecule has 7 rings (SSSR count). The quantitative estimate of drug-likeness (QED) is 0.116. The number of aliphatic imine (C=N–C) groups is 2. The van der Waals surface area contributed by atoms with Crippen molar-refractivity contribution in [1.82, 2.24) is 9.97 Å². The van der Waals surface area contributed by atoms with E-state index in [1.54, 1.807) is 0 Å². The van der Waals surface area contributed by atoms with Crippen LogP contribution < -0.4 is 0 Å². The molecule has 324 valence electrons. The molecule has 0 spiro atoms. The highest BCUT2D eigenvalue weighted by atomic mass is 14.9. The minimum Gasteiger partial charge on any atom is -0.357 e. The topological polar surface area (TPSA) is 80.1 Å².